The molecule has 1 heterocycles. The predicted molar refractivity (Wildman–Crippen MR) is 75.3 cm³/mol. The van der Waals surface area contributed by atoms with Crippen LogP contribution >= 0.6 is 0 Å². The number of carboxylic acid groups (broad SMARTS) is 1. The van der Waals surface area contributed by atoms with E-state index in [9.17, 15) is 10.1 Å². The molecule has 0 aliphatic rings. The van der Waals surface area contributed by atoms with Crippen molar-refractivity contribution in [3.8, 4) is 11.8 Å². The van der Waals surface area contributed by atoms with E-state index in [1.54, 1.807) is 16.8 Å². The third-order valence-corrected chi connectivity index (χ3v) is 3.28. The summed E-state index contributed by atoms with van der Waals surface area (Å²) in [5.41, 5.74) is 3.28. The average Bonchev–Trinajstić information content (AvgIpc) is 2.89. The molecule has 102 valence electrons. The van der Waals surface area contributed by atoms with Gasteiger partial charge in [0.15, 0.2) is 0 Å². The lowest BCUT2D eigenvalue weighted by Crippen LogP contribution is -2.01. The van der Waals surface area contributed by atoms with Crippen LogP contribution in [-0.2, 0) is 0 Å². The lowest BCUT2D eigenvalue weighted by molar-refractivity contribution is 0.0697. The van der Waals surface area contributed by atoms with Crippen LogP contribution in [0.4, 0.5) is 0 Å². The van der Waals surface area contributed by atoms with Gasteiger partial charge in [-0.25, -0.2) is 9.48 Å². The normalized spacial score (nSPS) is 10.5. The highest BCUT2D eigenvalue weighted by Gasteiger charge is 2.13. The molecule has 0 radical (unpaired) electrons. The summed E-state index contributed by atoms with van der Waals surface area (Å²) in [4.78, 5) is 11.0. The number of nitrogens with zero attached hydrogens (tertiary/aromatic N) is 4. The minimum Gasteiger partial charge on any atom is -0.478 e. The summed E-state index contributed by atoms with van der Waals surface area (Å²) < 4.78 is 1.55. The van der Waals surface area contributed by atoms with E-state index in [1.165, 1.54) is 12.1 Å². The topological polar surface area (TPSA) is 91.8 Å². The number of carbonyl (C=O) groups is 1. The number of fused-ring (bicyclic) bond motifs is 1. The second-order valence-corrected chi connectivity index (χ2v) is 4.59. The van der Waals surface area contributed by atoms with E-state index in [-0.39, 0.29) is 5.56 Å². The van der Waals surface area contributed by atoms with Crippen LogP contribution in [-0.4, -0.2) is 26.1 Å². The van der Waals surface area contributed by atoms with E-state index < -0.39 is 5.97 Å². The van der Waals surface area contributed by atoms with Gasteiger partial charge in [0.2, 0.25) is 0 Å². The zero-order valence-electron chi connectivity index (χ0n) is 11.1. The highest BCUT2D eigenvalue weighted by Crippen LogP contribution is 2.22. The molecule has 1 N–H and O–H groups in total. The second-order valence-electron chi connectivity index (χ2n) is 4.59. The fourth-order valence-electron chi connectivity index (χ4n) is 2.21. The van der Waals surface area contributed by atoms with E-state index in [1.807, 2.05) is 19.1 Å². The predicted octanol–water partition coefficient (Wildman–Crippen LogP) is 2.30. The number of rotatable bonds is 2. The van der Waals surface area contributed by atoms with Crippen LogP contribution in [0.5, 0.6) is 0 Å². The number of aromatic nitrogens is 3. The maximum Gasteiger partial charge on any atom is 0.335 e. The number of carboxylic acids is 1. The molecule has 2 aromatic carbocycles. The Morgan fingerprint density at radius 3 is 2.86 bits per heavy atom. The van der Waals surface area contributed by atoms with Crippen molar-refractivity contribution in [1.82, 2.24) is 15.0 Å². The van der Waals surface area contributed by atoms with E-state index in [0.29, 0.717) is 22.3 Å². The number of benzene rings is 2. The van der Waals surface area contributed by atoms with Crippen molar-refractivity contribution in [2.75, 3.05) is 0 Å². The Balaban J connectivity index is 2.26. The summed E-state index contributed by atoms with van der Waals surface area (Å²) >= 11 is 0. The van der Waals surface area contributed by atoms with Crippen molar-refractivity contribution >= 4 is 17.0 Å². The molecule has 0 fully saturated rings. The molecule has 0 aliphatic heterocycles. The largest absolute Gasteiger partial charge is 0.478 e. The Morgan fingerprint density at radius 1 is 1.33 bits per heavy atom. The maximum atomic E-state index is 11.0. The molecule has 3 rings (SSSR count). The van der Waals surface area contributed by atoms with Crippen molar-refractivity contribution in [3.63, 3.8) is 0 Å². The average molecular weight is 278 g/mol. The van der Waals surface area contributed by atoms with Gasteiger partial charge >= 0.3 is 5.97 Å². The van der Waals surface area contributed by atoms with Crippen molar-refractivity contribution in [3.05, 3.63) is 53.1 Å². The Kier molecular flexibility index (Phi) is 2.88. The number of nitriles is 1. The van der Waals surface area contributed by atoms with Gasteiger partial charge in [0, 0.05) is 0 Å². The molecule has 6 heteroatoms. The van der Waals surface area contributed by atoms with Gasteiger partial charge in [0.1, 0.15) is 11.6 Å². The minimum atomic E-state index is -1.01. The summed E-state index contributed by atoms with van der Waals surface area (Å²) in [7, 11) is 0. The van der Waals surface area contributed by atoms with Crippen molar-refractivity contribution in [2.24, 2.45) is 0 Å². The van der Waals surface area contributed by atoms with E-state index in [0.717, 1.165) is 5.56 Å². The number of hydrogen-bond donors (Lipinski definition) is 1. The summed E-state index contributed by atoms with van der Waals surface area (Å²) in [5.74, 6) is -1.01. The summed E-state index contributed by atoms with van der Waals surface area (Å²) in [5, 5.41) is 26.3. The number of aryl methyl sites for hydroxylation is 1. The first kappa shape index (κ1) is 12.8. The van der Waals surface area contributed by atoms with Crippen LogP contribution in [0.3, 0.4) is 0 Å². The van der Waals surface area contributed by atoms with Gasteiger partial charge < -0.3 is 5.11 Å². The highest BCUT2D eigenvalue weighted by atomic mass is 16.4. The lowest BCUT2D eigenvalue weighted by atomic mass is 10.1. The Hall–Kier alpha value is -3.20. The summed E-state index contributed by atoms with van der Waals surface area (Å²) in [6.45, 7) is 1.85. The summed E-state index contributed by atoms with van der Waals surface area (Å²) in [6, 6.07) is 12.2. The molecule has 0 spiro atoms. The minimum absolute atomic E-state index is 0.152. The quantitative estimate of drug-likeness (QED) is 0.776. The third-order valence-electron chi connectivity index (χ3n) is 3.28. The van der Waals surface area contributed by atoms with Crippen molar-refractivity contribution < 1.29 is 9.90 Å². The SMILES string of the molecule is Cc1cccc(-n2nnc3cc(C(=O)O)ccc32)c1C#N. The van der Waals surface area contributed by atoms with Gasteiger partial charge in [-0.3, -0.25) is 0 Å². The molecule has 0 bridgehead atoms. The molecule has 0 atom stereocenters. The van der Waals surface area contributed by atoms with Crippen LogP contribution in [0.2, 0.25) is 0 Å². The van der Waals surface area contributed by atoms with Crippen LogP contribution in [0, 0.1) is 18.3 Å². The second kappa shape index (κ2) is 4.72. The van der Waals surface area contributed by atoms with Crippen LogP contribution in [0.15, 0.2) is 36.4 Å². The standard InChI is InChI=1S/C15H10N4O2/c1-9-3-2-4-13(11(9)8-16)19-14-6-5-10(15(20)21)7-12(14)17-18-19/h2-7H,1H3,(H,20,21). The third kappa shape index (κ3) is 2.01. The molecule has 0 amide bonds. The molecule has 0 saturated carbocycles. The Labute approximate surface area is 119 Å². The van der Waals surface area contributed by atoms with Crippen LogP contribution in [0.25, 0.3) is 16.7 Å². The number of hydrogen-bond acceptors (Lipinski definition) is 4. The monoisotopic (exact) mass is 278 g/mol. The fraction of sp³-hybridized carbons (Fsp3) is 0.0667. The first-order chi connectivity index (χ1) is 10.1. The van der Waals surface area contributed by atoms with Gasteiger partial charge in [0.05, 0.1) is 22.3 Å². The van der Waals surface area contributed by atoms with Crippen LogP contribution in [0.1, 0.15) is 21.5 Å². The zero-order chi connectivity index (χ0) is 15.0. The molecule has 1 aromatic heterocycles. The van der Waals surface area contributed by atoms with E-state index in [4.69, 9.17) is 5.11 Å². The molecule has 21 heavy (non-hydrogen) atoms. The van der Waals surface area contributed by atoms with Gasteiger partial charge in [-0.15, -0.1) is 5.10 Å². The lowest BCUT2D eigenvalue weighted by Gasteiger charge is -2.06. The van der Waals surface area contributed by atoms with Gasteiger partial charge in [-0.1, -0.05) is 17.3 Å². The van der Waals surface area contributed by atoms with Crippen molar-refractivity contribution in [1.29, 1.82) is 5.26 Å². The van der Waals surface area contributed by atoms with Gasteiger partial charge in [-0.2, -0.15) is 5.26 Å². The molecular formula is C15H10N4O2. The van der Waals surface area contributed by atoms with E-state index in [2.05, 4.69) is 16.4 Å². The number of aromatic carboxylic acids is 1. The molecule has 3 aromatic rings. The Morgan fingerprint density at radius 2 is 2.14 bits per heavy atom. The molecule has 6 nitrogen and oxygen atoms in total. The smallest absolute Gasteiger partial charge is 0.335 e. The first-order valence-electron chi connectivity index (χ1n) is 6.20. The molecule has 0 aliphatic carbocycles. The first-order valence-corrected chi connectivity index (χ1v) is 6.20. The molecular weight excluding hydrogens is 268 g/mol. The van der Waals surface area contributed by atoms with Gasteiger partial charge in [0.25, 0.3) is 0 Å². The maximum absolute atomic E-state index is 11.0. The van der Waals surface area contributed by atoms with Gasteiger partial charge in [-0.05, 0) is 36.8 Å². The Bertz CT molecular complexity index is 906. The molecule has 0 saturated heterocycles. The zero-order valence-corrected chi connectivity index (χ0v) is 11.1. The van der Waals surface area contributed by atoms with Crippen LogP contribution < -0.4 is 0 Å². The molecule has 0 unspecified atom stereocenters. The van der Waals surface area contributed by atoms with E-state index >= 15 is 0 Å². The summed E-state index contributed by atoms with van der Waals surface area (Å²) in [6.07, 6.45) is 0. The highest BCUT2D eigenvalue weighted by molar-refractivity contribution is 5.92. The van der Waals surface area contributed by atoms with Crippen molar-refractivity contribution in [2.45, 2.75) is 6.92 Å². The fourth-order valence-corrected chi connectivity index (χ4v) is 2.21.